The van der Waals surface area contributed by atoms with Gasteiger partial charge in [-0.15, -0.1) is 0 Å². The van der Waals surface area contributed by atoms with E-state index in [1.165, 1.54) is 5.69 Å². The number of hydrogen-bond donors (Lipinski definition) is 2. The molecule has 3 aromatic rings. The van der Waals surface area contributed by atoms with Gasteiger partial charge in [0, 0.05) is 44.2 Å². The van der Waals surface area contributed by atoms with E-state index in [9.17, 15) is 10.1 Å². The Labute approximate surface area is 212 Å². The lowest BCUT2D eigenvalue weighted by Gasteiger charge is -2.35. The molecule has 3 N–H and O–H groups in total. The molecule has 0 unspecified atom stereocenters. The van der Waals surface area contributed by atoms with Gasteiger partial charge in [0.25, 0.3) is 0 Å². The standard InChI is InChI=1S/C29H33N5O2/c1-2-33-13-15-34(16-14-33)24-11-9-22(10-12-24)21-5-7-23(8-6-21)26-19-29(26,20-30)32-28(35)27(31)18-25-4-3-17-36-25/h3-12,17,26-27H,2,13-16,18-19,31H2,1H3,(H,32,35)/t26-,27+,29+/m1/s1. The third-order valence-corrected chi connectivity index (χ3v) is 7.54. The number of carbonyl (C=O) groups is 1. The van der Waals surface area contributed by atoms with Crippen molar-refractivity contribution in [2.45, 2.75) is 37.3 Å². The minimum Gasteiger partial charge on any atom is -0.469 e. The molecule has 2 fully saturated rings. The number of furan rings is 1. The van der Waals surface area contributed by atoms with Crippen LogP contribution in [0.5, 0.6) is 0 Å². The molecule has 7 heteroatoms. The molecule has 2 aromatic carbocycles. The maximum absolute atomic E-state index is 12.6. The molecule has 36 heavy (non-hydrogen) atoms. The van der Waals surface area contributed by atoms with Crippen LogP contribution in [0, 0.1) is 11.3 Å². The smallest absolute Gasteiger partial charge is 0.238 e. The SMILES string of the molecule is CCN1CCN(c2ccc(-c3ccc([C@H]4C[C@@]4(C#N)NC(=O)[C@@H](N)Cc4ccco4)cc3)cc2)CC1. The van der Waals surface area contributed by atoms with Crippen LogP contribution in [0.3, 0.4) is 0 Å². The summed E-state index contributed by atoms with van der Waals surface area (Å²) in [6.45, 7) is 7.69. The zero-order valence-electron chi connectivity index (χ0n) is 20.7. The van der Waals surface area contributed by atoms with Crippen LogP contribution in [0.1, 0.15) is 30.6 Å². The predicted octanol–water partition coefficient (Wildman–Crippen LogP) is 3.52. The van der Waals surface area contributed by atoms with Gasteiger partial charge in [-0.1, -0.05) is 43.3 Å². The molecule has 1 aliphatic carbocycles. The van der Waals surface area contributed by atoms with Crippen molar-refractivity contribution in [3.8, 4) is 17.2 Å². The molecule has 0 bridgehead atoms. The number of likely N-dealkylation sites (N-methyl/N-ethyl adjacent to an activating group) is 1. The summed E-state index contributed by atoms with van der Waals surface area (Å²) in [7, 11) is 0. The summed E-state index contributed by atoms with van der Waals surface area (Å²) >= 11 is 0. The molecule has 1 aliphatic heterocycles. The normalized spacial score (nSPS) is 22.6. The number of hydrogen-bond acceptors (Lipinski definition) is 6. The van der Waals surface area contributed by atoms with Crippen molar-refractivity contribution in [2.24, 2.45) is 5.73 Å². The fourth-order valence-corrected chi connectivity index (χ4v) is 5.10. The first-order valence-corrected chi connectivity index (χ1v) is 12.7. The van der Waals surface area contributed by atoms with E-state index in [0.29, 0.717) is 18.6 Å². The lowest BCUT2D eigenvalue weighted by atomic mass is 10.00. The summed E-state index contributed by atoms with van der Waals surface area (Å²) in [6, 6.07) is 22.2. The number of amides is 1. The first kappa shape index (κ1) is 24.1. The quantitative estimate of drug-likeness (QED) is 0.509. The number of nitriles is 1. The van der Waals surface area contributed by atoms with Crippen LogP contribution < -0.4 is 16.0 Å². The number of benzene rings is 2. The molecule has 2 heterocycles. The summed E-state index contributed by atoms with van der Waals surface area (Å²) < 4.78 is 5.28. The minimum absolute atomic E-state index is 0.0412. The Hall–Kier alpha value is -3.60. The lowest BCUT2D eigenvalue weighted by Crippen LogP contribution is -2.47. The number of nitrogens with zero attached hydrogens (tertiary/aromatic N) is 3. The van der Waals surface area contributed by atoms with E-state index in [-0.39, 0.29) is 11.8 Å². The van der Waals surface area contributed by atoms with E-state index < -0.39 is 11.6 Å². The van der Waals surface area contributed by atoms with E-state index in [0.717, 1.165) is 49.4 Å². The van der Waals surface area contributed by atoms with E-state index in [1.807, 2.05) is 0 Å². The molecule has 3 atom stereocenters. The number of piperazine rings is 1. The Kier molecular flexibility index (Phi) is 6.82. The Bertz CT molecular complexity index is 1210. The summed E-state index contributed by atoms with van der Waals surface area (Å²) in [5.41, 5.74) is 9.76. The van der Waals surface area contributed by atoms with E-state index >= 15 is 0 Å². The van der Waals surface area contributed by atoms with Crippen LogP contribution >= 0.6 is 0 Å². The Morgan fingerprint density at radius 3 is 2.36 bits per heavy atom. The van der Waals surface area contributed by atoms with Gasteiger partial charge in [0.05, 0.1) is 18.4 Å². The second kappa shape index (κ2) is 10.2. The highest BCUT2D eigenvalue weighted by molar-refractivity contribution is 5.84. The van der Waals surface area contributed by atoms with Crippen molar-refractivity contribution in [2.75, 3.05) is 37.6 Å². The second-order valence-corrected chi connectivity index (χ2v) is 9.81. The molecule has 5 rings (SSSR count). The summed E-state index contributed by atoms with van der Waals surface area (Å²) in [4.78, 5) is 17.6. The van der Waals surface area contributed by atoms with Crippen molar-refractivity contribution < 1.29 is 9.21 Å². The molecule has 1 saturated heterocycles. The molecule has 0 spiro atoms. The highest BCUT2D eigenvalue weighted by Crippen LogP contribution is 2.51. The molecule has 7 nitrogen and oxygen atoms in total. The van der Waals surface area contributed by atoms with Crippen LogP contribution in [-0.4, -0.2) is 55.1 Å². The third kappa shape index (κ3) is 5.01. The van der Waals surface area contributed by atoms with Crippen molar-refractivity contribution in [3.63, 3.8) is 0 Å². The zero-order valence-corrected chi connectivity index (χ0v) is 20.7. The van der Waals surface area contributed by atoms with Crippen molar-refractivity contribution in [1.82, 2.24) is 10.2 Å². The second-order valence-electron chi connectivity index (χ2n) is 9.81. The molecule has 1 saturated carbocycles. The van der Waals surface area contributed by atoms with Gasteiger partial charge in [0.1, 0.15) is 11.3 Å². The maximum atomic E-state index is 12.6. The predicted molar refractivity (Wildman–Crippen MR) is 140 cm³/mol. The van der Waals surface area contributed by atoms with Gasteiger partial charge < -0.3 is 25.3 Å². The van der Waals surface area contributed by atoms with Crippen LogP contribution in [0.25, 0.3) is 11.1 Å². The van der Waals surface area contributed by atoms with E-state index in [2.05, 4.69) is 76.6 Å². The first-order valence-electron chi connectivity index (χ1n) is 12.7. The van der Waals surface area contributed by atoms with Gasteiger partial charge in [-0.3, -0.25) is 4.79 Å². The van der Waals surface area contributed by atoms with Gasteiger partial charge in [0.2, 0.25) is 5.91 Å². The van der Waals surface area contributed by atoms with Crippen molar-refractivity contribution >= 4 is 11.6 Å². The number of nitrogens with two attached hydrogens (primary N) is 1. The molecule has 0 radical (unpaired) electrons. The first-order chi connectivity index (χ1) is 17.5. The fourth-order valence-electron chi connectivity index (χ4n) is 5.10. The Balaban J connectivity index is 1.20. The van der Waals surface area contributed by atoms with Gasteiger partial charge in [-0.2, -0.15) is 5.26 Å². The summed E-state index contributed by atoms with van der Waals surface area (Å²) in [6.07, 6.45) is 2.44. The number of nitrogens with one attached hydrogen (secondary N) is 1. The van der Waals surface area contributed by atoms with Crippen LogP contribution in [0.2, 0.25) is 0 Å². The fraction of sp³-hybridized carbons (Fsp3) is 0.379. The molecule has 2 aliphatic rings. The van der Waals surface area contributed by atoms with Crippen LogP contribution in [0.15, 0.2) is 71.3 Å². The van der Waals surface area contributed by atoms with E-state index in [4.69, 9.17) is 10.2 Å². The van der Waals surface area contributed by atoms with Crippen LogP contribution in [0.4, 0.5) is 5.69 Å². The van der Waals surface area contributed by atoms with Gasteiger partial charge in [-0.05, 0) is 53.9 Å². The average Bonchev–Trinajstić information content (AvgIpc) is 3.40. The summed E-state index contributed by atoms with van der Waals surface area (Å²) in [5.74, 6) is 0.280. The number of anilines is 1. The Morgan fingerprint density at radius 2 is 1.78 bits per heavy atom. The molecular weight excluding hydrogens is 450 g/mol. The highest BCUT2D eigenvalue weighted by Gasteiger charge is 2.57. The third-order valence-electron chi connectivity index (χ3n) is 7.54. The molecular formula is C29H33N5O2. The minimum atomic E-state index is -0.900. The summed E-state index contributed by atoms with van der Waals surface area (Å²) in [5, 5.41) is 12.7. The zero-order chi connectivity index (χ0) is 25.1. The highest BCUT2D eigenvalue weighted by atomic mass is 16.3. The molecule has 186 valence electrons. The van der Waals surface area contributed by atoms with Gasteiger partial charge in [0.15, 0.2) is 0 Å². The van der Waals surface area contributed by atoms with Gasteiger partial charge >= 0.3 is 0 Å². The van der Waals surface area contributed by atoms with Crippen molar-refractivity contribution in [3.05, 3.63) is 78.3 Å². The topological polar surface area (TPSA) is 98.5 Å². The van der Waals surface area contributed by atoms with E-state index in [1.54, 1.807) is 18.4 Å². The number of carbonyl (C=O) groups excluding carboxylic acids is 1. The molecule has 1 aromatic heterocycles. The Morgan fingerprint density at radius 1 is 1.11 bits per heavy atom. The average molecular weight is 484 g/mol. The van der Waals surface area contributed by atoms with Crippen LogP contribution in [-0.2, 0) is 11.2 Å². The maximum Gasteiger partial charge on any atom is 0.238 e. The number of rotatable bonds is 8. The lowest BCUT2D eigenvalue weighted by molar-refractivity contribution is -0.123. The van der Waals surface area contributed by atoms with Crippen molar-refractivity contribution in [1.29, 1.82) is 5.26 Å². The monoisotopic (exact) mass is 483 g/mol. The van der Waals surface area contributed by atoms with Gasteiger partial charge in [-0.25, -0.2) is 0 Å². The molecule has 1 amide bonds. The largest absolute Gasteiger partial charge is 0.469 e.